The van der Waals surface area contributed by atoms with Crippen LogP contribution in [0.25, 0.3) is 0 Å². The van der Waals surface area contributed by atoms with Gasteiger partial charge in [0.1, 0.15) is 0 Å². The van der Waals surface area contributed by atoms with Crippen LogP contribution in [0.1, 0.15) is 12.5 Å². The Morgan fingerprint density at radius 2 is 1.61 bits per heavy atom. The topological polar surface area (TPSA) is 87.2 Å². The van der Waals surface area contributed by atoms with Gasteiger partial charge in [0.25, 0.3) is 10.0 Å². The van der Waals surface area contributed by atoms with E-state index in [0.717, 1.165) is 23.4 Å². The number of sulfonamides is 1. The molecule has 1 heterocycles. The number of nitrogens with zero attached hydrogens (tertiary/aromatic N) is 3. The molecule has 0 radical (unpaired) electrons. The summed E-state index contributed by atoms with van der Waals surface area (Å²) >= 11 is 0. The Morgan fingerprint density at radius 3 is 2.21 bits per heavy atom. The lowest BCUT2D eigenvalue weighted by molar-refractivity contribution is 0.601. The second kappa shape index (κ2) is 8.26. The maximum absolute atomic E-state index is 12.5. The molecule has 0 saturated carbocycles. The molecule has 0 fully saturated rings. The number of nitrogens with one attached hydrogen (secondary N) is 2. The minimum absolute atomic E-state index is 0.239. The number of benzene rings is 2. The molecule has 28 heavy (non-hydrogen) atoms. The predicted molar refractivity (Wildman–Crippen MR) is 113 cm³/mol. The quantitative estimate of drug-likeness (QED) is 0.633. The third-order valence-corrected chi connectivity index (χ3v) is 5.61. The molecule has 0 unspecified atom stereocenters. The van der Waals surface area contributed by atoms with Crippen molar-refractivity contribution in [3.8, 4) is 0 Å². The Bertz CT molecular complexity index is 1030. The fraction of sp³-hybridized carbons (Fsp3) is 0.200. The fourth-order valence-electron chi connectivity index (χ4n) is 2.55. The van der Waals surface area contributed by atoms with E-state index in [9.17, 15) is 8.42 Å². The molecule has 0 aliphatic heterocycles. The molecule has 7 nitrogen and oxygen atoms in total. The molecule has 0 atom stereocenters. The van der Waals surface area contributed by atoms with E-state index in [-0.39, 0.29) is 4.90 Å². The van der Waals surface area contributed by atoms with Crippen LogP contribution in [0.2, 0.25) is 0 Å². The Morgan fingerprint density at radius 1 is 0.964 bits per heavy atom. The van der Waals surface area contributed by atoms with Gasteiger partial charge in [0.15, 0.2) is 5.82 Å². The standard InChI is InChI=1S/C20H23N5O2S/c1-4-15-5-11-19(12-6-15)28(26,27)24-17-9-7-16(8-10-17)22-20-13-18(25(2)3)14-21-23-20/h5-14,24H,4H2,1-3H3,(H,22,23). The van der Waals surface area contributed by atoms with Crippen LogP contribution in [-0.4, -0.2) is 32.7 Å². The lowest BCUT2D eigenvalue weighted by Crippen LogP contribution is -2.13. The highest BCUT2D eigenvalue weighted by molar-refractivity contribution is 7.92. The molecule has 2 aromatic carbocycles. The molecule has 146 valence electrons. The normalized spacial score (nSPS) is 11.1. The van der Waals surface area contributed by atoms with Gasteiger partial charge in [-0.05, 0) is 48.4 Å². The first kappa shape index (κ1) is 19.6. The van der Waals surface area contributed by atoms with Gasteiger partial charge in [-0.1, -0.05) is 19.1 Å². The largest absolute Gasteiger partial charge is 0.376 e. The monoisotopic (exact) mass is 397 g/mol. The number of rotatable bonds is 7. The third-order valence-electron chi connectivity index (χ3n) is 4.21. The lowest BCUT2D eigenvalue weighted by atomic mass is 10.2. The molecule has 0 aliphatic rings. The maximum atomic E-state index is 12.5. The second-order valence-electron chi connectivity index (χ2n) is 6.50. The maximum Gasteiger partial charge on any atom is 0.261 e. The fourth-order valence-corrected chi connectivity index (χ4v) is 3.61. The van der Waals surface area contributed by atoms with Gasteiger partial charge in [-0.3, -0.25) is 4.72 Å². The third kappa shape index (κ3) is 4.77. The first-order chi connectivity index (χ1) is 13.4. The Kier molecular flexibility index (Phi) is 5.79. The average Bonchev–Trinajstić information content (AvgIpc) is 2.69. The summed E-state index contributed by atoms with van der Waals surface area (Å²) in [7, 11) is 0.233. The van der Waals surface area contributed by atoms with E-state index < -0.39 is 10.0 Å². The van der Waals surface area contributed by atoms with Gasteiger partial charge in [0.05, 0.1) is 16.8 Å². The van der Waals surface area contributed by atoms with Crippen molar-refractivity contribution in [2.75, 3.05) is 29.0 Å². The van der Waals surface area contributed by atoms with Crippen molar-refractivity contribution in [3.05, 3.63) is 66.4 Å². The van der Waals surface area contributed by atoms with E-state index in [1.165, 1.54) is 0 Å². The molecule has 3 aromatic rings. The van der Waals surface area contributed by atoms with Crippen molar-refractivity contribution in [3.63, 3.8) is 0 Å². The summed E-state index contributed by atoms with van der Waals surface area (Å²) in [6, 6.07) is 15.7. The van der Waals surface area contributed by atoms with Gasteiger partial charge in [-0.15, -0.1) is 5.10 Å². The molecule has 0 amide bonds. The van der Waals surface area contributed by atoms with E-state index in [1.807, 2.05) is 44.1 Å². The van der Waals surface area contributed by atoms with Gasteiger partial charge >= 0.3 is 0 Å². The highest BCUT2D eigenvalue weighted by atomic mass is 32.2. The minimum Gasteiger partial charge on any atom is -0.376 e. The van der Waals surface area contributed by atoms with Crippen LogP contribution in [0.5, 0.6) is 0 Å². The van der Waals surface area contributed by atoms with Crippen molar-refractivity contribution in [2.24, 2.45) is 0 Å². The summed E-state index contributed by atoms with van der Waals surface area (Å²) in [5, 5.41) is 11.2. The Labute approximate surface area is 165 Å². The van der Waals surface area contributed by atoms with E-state index in [1.54, 1.807) is 42.6 Å². The van der Waals surface area contributed by atoms with Crippen LogP contribution < -0.4 is 14.9 Å². The first-order valence-electron chi connectivity index (χ1n) is 8.86. The number of aromatic nitrogens is 2. The lowest BCUT2D eigenvalue weighted by Gasteiger charge is -2.13. The summed E-state index contributed by atoms with van der Waals surface area (Å²) in [5.41, 5.74) is 3.28. The van der Waals surface area contributed by atoms with E-state index in [2.05, 4.69) is 20.2 Å². The van der Waals surface area contributed by atoms with Gasteiger partial charge in [0.2, 0.25) is 0 Å². The van der Waals surface area contributed by atoms with Crippen LogP contribution >= 0.6 is 0 Å². The van der Waals surface area contributed by atoms with Crippen LogP contribution in [0, 0.1) is 0 Å². The van der Waals surface area contributed by atoms with E-state index >= 15 is 0 Å². The SMILES string of the molecule is CCc1ccc(S(=O)(=O)Nc2ccc(Nc3cc(N(C)C)cnn3)cc2)cc1. The summed E-state index contributed by atoms with van der Waals surface area (Å²) in [5.74, 6) is 0.607. The Balaban J connectivity index is 1.71. The van der Waals surface area contributed by atoms with Gasteiger partial charge in [-0.2, -0.15) is 5.10 Å². The summed E-state index contributed by atoms with van der Waals surface area (Å²) in [4.78, 5) is 2.17. The van der Waals surface area contributed by atoms with Gasteiger partial charge in [0, 0.05) is 31.5 Å². The number of anilines is 4. The number of hydrogen-bond donors (Lipinski definition) is 2. The zero-order valence-electron chi connectivity index (χ0n) is 16.0. The van der Waals surface area contributed by atoms with Crippen molar-refractivity contribution in [1.82, 2.24) is 10.2 Å². The van der Waals surface area contributed by atoms with Crippen molar-refractivity contribution in [2.45, 2.75) is 18.2 Å². The highest BCUT2D eigenvalue weighted by Gasteiger charge is 2.14. The number of hydrogen-bond acceptors (Lipinski definition) is 6. The molecule has 0 bridgehead atoms. The number of aryl methyl sites for hydroxylation is 1. The summed E-state index contributed by atoms with van der Waals surface area (Å²) < 4.78 is 27.7. The summed E-state index contributed by atoms with van der Waals surface area (Å²) in [6.07, 6.45) is 2.54. The van der Waals surface area contributed by atoms with Crippen LogP contribution in [0.15, 0.2) is 65.7 Å². The zero-order valence-corrected chi connectivity index (χ0v) is 16.9. The molecule has 1 aromatic heterocycles. The molecule has 0 aliphatic carbocycles. The van der Waals surface area contributed by atoms with Crippen molar-refractivity contribution in [1.29, 1.82) is 0 Å². The molecule has 0 saturated heterocycles. The molecular formula is C20H23N5O2S. The van der Waals surface area contributed by atoms with Crippen LogP contribution in [0.4, 0.5) is 22.9 Å². The Hall–Kier alpha value is -3.13. The predicted octanol–water partition coefficient (Wildman–Crippen LogP) is 3.65. The first-order valence-corrected chi connectivity index (χ1v) is 10.3. The zero-order chi connectivity index (χ0) is 20.1. The molecular weight excluding hydrogens is 374 g/mol. The van der Waals surface area contributed by atoms with Gasteiger partial charge < -0.3 is 10.2 Å². The molecule has 3 rings (SSSR count). The van der Waals surface area contributed by atoms with Crippen LogP contribution in [0.3, 0.4) is 0 Å². The minimum atomic E-state index is -3.62. The smallest absolute Gasteiger partial charge is 0.261 e. The molecule has 0 spiro atoms. The van der Waals surface area contributed by atoms with Crippen molar-refractivity contribution < 1.29 is 8.42 Å². The summed E-state index contributed by atoms with van der Waals surface area (Å²) in [6.45, 7) is 2.03. The average molecular weight is 398 g/mol. The molecule has 8 heteroatoms. The van der Waals surface area contributed by atoms with Crippen molar-refractivity contribution >= 4 is 32.9 Å². The van der Waals surface area contributed by atoms with E-state index in [4.69, 9.17) is 0 Å². The van der Waals surface area contributed by atoms with Crippen LogP contribution in [-0.2, 0) is 16.4 Å². The van der Waals surface area contributed by atoms with E-state index in [0.29, 0.717) is 11.5 Å². The second-order valence-corrected chi connectivity index (χ2v) is 8.18. The molecule has 2 N–H and O–H groups in total. The highest BCUT2D eigenvalue weighted by Crippen LogP contribution is 2.22. The van der Waals surface area contributed by atoms with Gasteiger partial charge in [-0.25, -0.2) is 8.42 Å².